The third-order valence-corrected chi connectivity index (χ3v) is 2.86. The number of likely N-dealkylation sites (tertiary alicyclic amines) is 1. The van der Waals surface area contributed by atoms with Gasteiger partial charge in [0.05, 0.1) is 6.42 Å². The molecule has 2 atom stereocenters. The Hall–Kier alpha value is -1.26. The average Bonchev–Trinajstić information content (AvgIpc) is 2.44. The Morgan fingerprint density at radius 2 is 1.94 bits per heavy atom. The van der Waals surface area contributed by atoms with Gasteiger partial charge in [-0.25, -0.2) is 4.79 Å². The fourth-order valence-electron chi connectivity index (χ4n) is 2.00. The molecule has 5 nitrogen and oxygen atoms in total. The minimum atomic E-state index is -0.812. The zero-order valence-corrected chi connectivity index (χ0v) is 10.9. The first-order valence-electron chi connectivity index (χ1n) is 5.89. The molecule has 1 saturated heterocycles. The van der Waals surface area contributed by atoms with Crippen LogP contribution in [0.1, 0.15) is 34.1 Å². The minimum absolute atomic E-state index is 0.0278. The van der Waals surface area contributed by atoms with Gasteiger partial charge in [-0.3, -0.25) is 4.79 Å². The third kappa shape index (κ3) is 4.24. The molecule has 0 saturated carbocycles. The molecule has 1 N–H and O–H groups in total. The second-order valence-electron chi connectivity index (χ2n) is 5.72. The normalized spacial score (nSPS) is 24.8. The van der Waals surface area contributed by atoms with Crippen LogP contribution in [0.4, 0.5) is 4.79 Å². The van der Waals surface area contributed by atoms with Crippen LogP contribution in [0.2, 0.25) is 0 Å². The van der Waals surface area contributed by atoms with Gasteiger partial charge in [-0.2, -0.15) is 0 Å². The number of carboxylic acids is 1. The standard InChI is InChI=1S/C12H21NO4/c1-8-6-13(7-9(8)5-10(14)15)11(16)17-12(2,3)4/h8-9H,5-7H2,1-4H3,(H,14,15)/t8-,9-/m1/s1. The van der Waals surface area contributed by atoms with Gasteiger partial charge in [-0.15, -0.1) is 0 Å². The maximum atomic E-state index is 11.8. The van der Waals surface area contributed by atoms with E-state index in [9.17, 15) is 9.59 Å². The van der Waals surface area contributed by atoms with E-state index in [2.05, 4.69) is 0 Å². The van der Waals surface area contributed by atoms with Crippen LogP contribution in [0.5, 0.6) is 0 Å². The van der Waals surface area contributed by atoms with Crippen LogP contribution in [0, 0.1) is 11.8 Å². The maximum absolute atomic E-state index is 11.8. The van der Waals surface area contributed by atoms with Crippen molar-refractivity contribution in [3.8, 4) is 0 Å². The number of carbonyl (C=O) groups is 2. The largest absolute Gasteiger partial charge is 0.481 e. The van der Waals surface area contributed by atoms with Crippen LogP contribution in [0.15, 0.2) is 0 Å². The average molecular weight is 243 g/mol. The molecule has 5 heteroatoms. The van der Waals surface area contributed by atoms with Gasteiger partial charge in [-0.1, -0.05) is 6.92 Å². The fraction of sp³-hybridized carbons (Fsp3) is 0.833. The highest BCUT2D eigenvalue weighted by molar-refractivity contribution is 5.70. The quantitative estimate of drug-likeness (QED) is 0.805. The summed E-state index contributed by atoms with van der Waals surface area (Å²) in [6, 6.07) is 0. The SMILES string of the molecule is C[C@@H]1CN(C(=O)OC(C)(C)C)C[C@H]1CC(=O)O. The molecular formula is C12H21NO4. The summed E-state index contributed by atoms with van der Waals surface area (Å²) in [5, 5.41) is 8.77. The van der Waals surface area contributed by atoms with Crippen LogP contribution in [-0.2, 0) is 9.53 Å². The van der Waals surface area contributed by atoms with E-state index in [1.54, 1.807) is 4.90 Å². The number of carboxylic acid groups (broad SMARTS) is 1. The first-order chi connectivity index (χ1) is 7.69. The van der Waals surface area contributed by atoms with Gasteiger partial charge in [0.1, 0.15) is 5.60 Å². The van der Waals surface area contributed by atoms with Gasteiger partial charge in [0.15, 0.2) is 0 Å². The summed E-state index contributed by atoms with van der Waals surface area (Å²) >= 11 is 0. The van der Waals surface area contributed by atoms with Crippen LogP contribution in [0.25, 0.3) is 0 Å². The van der Waals surface area contributed by atoms with E-state index < -0.39 is 11.6 Å². The third-order valence-electron chi connectivity index (χ3n) is 2.86. The van der Waals surface area contributed by atoms with Crippen LogP contribution in [0.3, 0.4) is 0 Å². The van der Waals surface area contributed by atoms with E-state index in [1.807, 2.05) is 27.7 Å². The zero-order chi connectivity index (χ0) is 13.2. The van der Waals surface area contributed by atoms with Crippen molar-refractivity contribution < 1.29 is 19.4 Å². The van der Waals surface area contributed by atoms with Gasteiger partial charge >= 0.3 is 12.1 Å². The molecule has 1 fully saturated rings. The lowest BCUT2D eigenvalue weighted by Gasteiger charge is -2.24. The molecule has 0 aromatic carbocycles. The number of carbonyl (C=O) groups excluding carboxylic acids is 1. The number of nitrogens with zero attached hydrogens (tertiary/aromatic N) is 1. The number of rotatable bonds is 2. The summed E-state index contributed by atoms with van der Waals surface area (Å²) in [4.78, 5) is 24.1. The number of hydrogen-bond donors (Lipinski definition) is 1. The molecule has 1 aliphatic rings. The number of hydrogen-bond acceptors (Lipinski definition) is 3. The molecule has 98 valence electrons. The van der Waals surface area contributed by atoms with Crippen molar-refractivity contribution in [2.24, 2.45) is 11.8 Å². The predicted molar refractivity (Wildman–Crippen MR) is 62.7 cm³/mol. The van der Waals surface area contributed by atoms with Gasteiger partial charge in [0.25, 0.3) is 0 Å². The van der Waals surface area contributed by atoms with Crippen molar-refractivity contribution in [3.63, 3.8) is 0 Å². The van der Waals surface area contributed by atoms with Crippen molar-refractivity contribution in [3.05, 3.63) is 0 Å². The van der Waals surface area contributed by atoms with Gasteiger partial charge in [-0.05, 0) is 32.6 Å². The molecule has 0 aromatic rings. The summed E-state index contributed by atoms with van der Waals surface area (Å²) < 4.78 is 5.26. The van der Waals surface area contributed by atoms with Crippen LogP contribution in [-0.4, -0.2) is 40.8 Å². The van der Waals surface area contributed by atoms with Crippen molar-refractivity contribution in [1.29, 1.82) is 0 Å². The van der Waals surface area contributed by atoms with Gasteiger partial charge in [0, 0.05) is 13.1 Å². The number of ether oxygens (including phenoxy) is 1. The maximum Gasteiger partial charge on any atom is 0.410 e. The van der Waals surface area contributed by atoms with Crippen LogP contribution >= 0.6 is 0 Å². The molecular weight excluding hydrogens is 222 g/mol. The van der Waals surface area contributed by atoms with E-state index in [4.69, 9.17) is 9.84 Å². The molecule has 0 unspecified atom stereocenters. The van der Waals surface area contributed by atoms with E-state index in [0.717, 1.165) is 0 Å². The number of amides is 1. The highest BCUT2D eigenvalue weighted by Crippen LogP contribution is 2.27. The molecule has 0 bridgehead atoms. The highest BCUT2D eigenvalue weighted by atomic mass is 16.6. The van der Waals surface area contributed by atoms with E-state index in [1.165, 1.54) is 0 Å². The Morgan fingerprint density at radius 1 is 1.35 bits per heavy atom. The minimum Gasteiger partial charge on any atom is -0.481 e. The summed E-state index contributed by atoms with van der Waals surface area (Å²) in [6.45, 7) is 8.48. The molecule has 0 aliphatic carbocycles. The summed E-state index contributed by atoms with van der Waals surface area (Å²) in [6.07, 6.45) is -0.238. The Labute approximate surface area is 102 Å². The van der Waals surface area contributed by atoms with Crippen molar-refractivity contribution in [2.75, 3.05) is 13.1 Å². The summed E-state index contributed by atoms with van der Waals surface area (Å²) in [7, 11) is 0. The molecule has 0 radical (unpaired) electrons. The van der Waals surface area contributed by atoms with Crippen molar-refractivity contribution in [1.82, 2.24) is 4.90 Å². The van der Waals surface area contributed by atoms with Gasteiger partial charge in [0.2, 0.25) is 0 Å². The van der Waals surface area contributed by atoms with E-state index in [-0.39, 0.29) is 24.3 Å². The molecule has 1 amide bonds. The molecule has 0 aromatic heterocycles. The molecule has 17 heavy (non-hydrogen) atoms. The topological polar surface area (TPSA) is 66.8 Å². The lowest BCUT2D eigenvalue weighted by Crippen LogP contribution is -2.35. The molecule has 0 spiro atoms. The first kappa shape index (κ1) is 13.8. The monoisotopic (exact) mass is 243 g/mol. The highest BCUT2D eigenvalue weighted by Gasteiger charge is 2.35. The first-order valence-corrected chi connectivity index (χ1v) is 5.89. The second kappa shape index (κ2) is 4.94. The molecule has 1 rings (SSSR count). The molecule has 1 aliphatic heterocycles. The fourth-order valence-corrected chi connectivity index (χ4v) is 2.00. The van der Waals surface area contributed by atoms with E-state index in [0.29, 0.717) is 13.1 Å². The van der Waals surface area contributed by atoms with Crippen molar-refractivity contribution >= 4 is 12.1 Å². The predicted octanol–water partition coefficient (Wildman–Crippen LogP) is 1.96. The molecule has 1 heterocycles. The van der Waals surface area contributed by atoms with Gasteiger partial charge < -0.3 is 14.7 Å². The van der Waals surface area contributed by atoms with E-state index >= 15 is 0 Å². The number of aliphatic carboxylic acids is 1. The smallest absolute Gasteiger partial charge is 0.410 e. The Bertz CT molecular complexity index is 308. The lowest BCUT2D eigenvalue weighted by atomic mass is 9.95. The Morgan fingerprint density at radius 3 is 2.41 bits per heavy atom. The Balaban J connectivity index is 2.53. The Kier molecular flexibility index (Phi) is 4.01. The zero-order valence-electron chi connectivity index (χ0n) is 10.9. The lowest BCUT2D eigenvalue weighted by molar-refractivity contribution is -0.138. The van der Waals surface area contributed by atoms with Crippen LogP contribution < -0.4 is 0 Å². The second-order valence-corrected chi connectivity index (χ2v) is 5.72. The summed E-state index contributed by atoms with van der Waals surface area (Å²) in [5.41, 5.74) is -0.509. The summed E-state index contributed by atoms with van der Waals surface area (Å²) in [5.74, 6) is -0.577. The van der Waals surface area contributed by atoms with Crippen molar-refractivity contribution in [2.45, 2.75) is 39.7 Å².